The highest BCUT2D eigenvalue weighted by atomic mass is 35.5. The van der Waals surface area contributed by atoms with Gasteiger partial charge in [0.15, 0.2) is 17.6 Å². The number of nitrogens with zero attached hydrogens (tertiary/aromatic N) is 1. The molecule has 1 unspecified atom stereocenters. The molecule has 0 saturated carbocycles. The van der Waals surface area contributed by atoms with Gasteiger partial charge in [0.1, 0.15) is 10.8 Å². The normalized spacial score (nSPS) is 11.8. The molecular weight excluding hydrogens is 505 g/mol. The molecule has 1 aromatic heterocycles. The minimum absolute atomic E-state index is 0.0321. The van der Waals surface area contributed by atoms with E-state index in [1.54, 1.807) is 31.3 Å². The number of rotatable bonds is 13. The summed E-state index contributed by atoms with van der Waals surface area (Å²) in [5.41, 5.74) is 2.22. The monoisotopic (exact) mass is 535 g/mol. The maximum Gasteiger partial charge on any atom is 0.335 e. The van der Waals surface area contributed by atoms with E-state index in [1.165, 1.54) is 6.07 Å². The van der Waals surface area contributed by atoms with Crippen LogP contribution < -0.4 is 9.47 Å². The van der Waals surface area contributed by atoms with Gasteiger partial charge in [-0.15, -0.1) is 11.3 Å². The molecule has 0 aliphatic rings. The second-order valence-corrected chi connectivity index (χ2v) is 9.49. The van der Waals surface area contributed by atoms with Crippen LogP contribution >= 0.6 is 22.9 Å². The molecule has 0 amide bonds. The van der Waals surface area contributed by atoms with Crippen LogP contribution in [0.3, 0.4) is 0 Å². The molecule has 3 aromatic rings. The van der Waals surface area contributed by atoms with Crippen LogP contribution in [0.1, 0.15) is 36.9 Å². The number of thiazole rings is 1. The van der Waals surface area contributed by atoms with E-state index in [9.17, 15) is 9.18 Å². The first kappa shape index (κ1) is 27.9. The molecule has 1 atom stereocenters. The van der Waals surface area contributed by atoms with Gasteiger partial charge in [0.2, 0.25) is 0 Å². The lowest BCUT2D eigenvalue weighted by Gasteiger charge is -2.18. The summed E-state index contributed by atoms with van der Waals surface area (Å²) in [5.74, 6) is -0.316. The Labute approximate surface area is 220 Å². The van der Waals surface area contributed by atoms with Crippen LogP contribution in [0.25, 0.3) is 10.6 Å². The van der Waals surface area contributed by atoms with Crippen LogP contribution in [0.5, 0.6) is 11.5 Å². The molecule has 0 N–H and O–H groups in total. The van der Waals surface area contributed by atoms with E-state index in [4.69, 9.17) is 35.5 Å². The number of ether oxygens (including phenoxy) is 4. The van der Waals surface area contributed by atoms with E-state index in [2.05, 4.69) is 0 Å². The number of aryl methyl sites for hydroxylation is 1. The predicted octanol–water partition coefficient (Wildman–Crippen LogP) is 6.44. The van der Waals surface area contributed by atoms with Crippen molar-refractivity contribution >= 4 is 28.9 Å². The number of hydrogen-bond acceptors (Lipinski definition) is 7. The SMILES string of the molecule is CCOC(=O)C(Cc1cc(OCC)c(OCCc2nc(-c3ccc(Cl)cc3)sc2C)cc1F)OCC. The van der Waals surface area contributed by atoms with Crippen molar-refractivity contribution in [3.8, 4) is 22.1 Å². The summed E-state index contributed by atoms with van der Waals surface area (Å²) in [6.45, 7) is 8.55. The van der Waals surface area contributed by atoms with Crippen molar-refractivity contribution in [1.29, 1.82) is 0 Å². The molecule has 0 bridgehead atoms. The third-order valence-electron chi connectivity index (χ3n) is 5.32. The Balaban J connectivity index is 1.71. The summed E-state index contributed by atoms with van der Waals surface area (Å²) >= 11 is 7.59. The van der Waals surface area contributed by atoms with E-state index < -0.39 is 17.9 Å². The van der Waals surface area contributed by atoms with E-state index in [0.717, 1.165) is 21.1 Å². The molecule has 0 aliphatic carbocycles. The third-order valence-corrected chi connectivity index (χ3v) is 6.63. The lowest BCUT2D eigenvalue weighted by atomic mass is 10.1. The highest BCUT2D eigenvalue weighted by Crippen LogP contribution is 2.33. The van der Waals surface area contributed by atoms with E-state index >= 15 is 0 Å². The van der Waals surface area contributed by atoms with Gasteiger partial charge in [-0.3, -0.25) is 0 Å². The van der Waals surface area contributed by atoms with Crippen LogP contribution in [-0.4, -0.2) is 43.5 Å². The zero-order valence-electron chi connectivity index (χ0n) is 20.9. The second kappa shape index (κ2) is 13.6. The number of esters is 1. The van der Waals surface area contributed by atoms with Gasteiger partial charge in [-0.2, -0.15) is 0 Å². The summed E-state index contributed by atoms with van der Waals surface area (Å²) in [5, 5.41) is 1.59. The van der Waals surface area contributed by atoms with Crippen molar-refractivity contribution in [3.05, 3.63) is 63.4 Å². The summed E-state index contributed by atoms with van der Waals surface area (Å²) < 4.78 is 37.2. The van der Waals surface area contributed by atoms with Gasteiger partial charge in [-0.05, 0) is 51.5 Å². The largest absolute Gasteiger partial charge is 0.490 e. The van der Waals surface area contributed by atoms with Gasteiger partial charge in [0, 0.05) is 41.0 Å². The van der Waals surface area contributed by atoms with Crippen molar-refractivity contribution in [1.82, 2.24) is 4.98 Å². The summed E-state index contributed by atoms with van der Waals surface area (Å²) in [7, 11) is 0. The topological polar surface area (TPSA) is 66.9 Å². The first-order valence-corrected chi connectivity index (χ1v) is 13.1. The third kappa shape index (κ3) is 7.41. The van der Waals surface area contributed by atoms with Gasteiger partial charge in [0.05, 0.1) is 25.5 Å². The van der Waals surface area contributed by atoms with E-state index in [0.29, 0.717) is 48.3 Å². The summed E-state index contributed by atoms with van der Waals surface area (Å²) in [4.78, 5) is 18.0. The summed E-state index contributed by atoms with van der Waals surface area (Å²) in [6.07, 6.45) is -0.307. The van der Waals surface area contributed by atoms with Gasteiger partial charge in [-0.1, -0.05) is 23.7 Å². The first-order valence-electron chi connectivity index (χ1n) is 11.9. The number of halogens is 2. The van der Waals surface area contributed by atoms with Crippen LogP contribution in [0, 0.1) is 12.7 Å². The first-order chi connectivity index (χ1) is 17.4. The Morgan fingerprint density at radius 3 is 2.44 bits per heavy atom. The molecule has 1 heterocycles. The average molecular weight is 536 g/mol. The number of benzene rings is 2. The van der Waals surface area contributed by atoms with Crippen molar-refractivity contribution in [3.63, 3.8) is 0 Å². The highest BCUT2D eigenvalue weighted by Gasteiger charge is 2.24. The second-order valence-electron chi connectivity index (χ2n) is 7.85. The fourth-order valence-corrected chi connectivity index (χ4v) is 4.69. The van der Waals surface area contributed by atoms with Gasteiger partial charge in [0.25, 0.3) is 0 Å². The number of hydrogen-bond donors (Lipinski definition) is 0. The Kier molecular flexibility index (Phi) is 10.5. The van der Waals surface area contributed by atoms with Gasteiger partial charge < -0.3 is 18.9 Å². The van der Waals surface area contributed by atoms with Crippen LogP contribution in [0.2, 0.25) is 5.02 Å². The smallest absolute Gasteiger partial charge is 0.335 e. The Morgan fingerprint density at radius 1 is 1.06 bits per heavy atom. The van der Waals surface area contributed by atoms with Crippen molar-refractivity contribution in [2.45, 2.75) is 46.6 Å². The molecule has 9 heteroatoms. The van der Waals surface area contributed by atoms with Crippen LogP contribution in [0.15, 0.2) is 36.4 Å². The van der Waals surface area contributed by atoms with Crippen molar-refractivity contribution in [2.75, 3.05) is 26.4 Å². The molecule has 0 fully saturated rings. The minimum Gasteiger partial charge on any atom is -0.490 e. The Bertz CT molecular complexity index is 1150. The Hall–Kier alpha value is -2.68. The highest BCUT2D eigenvalue weighted by molar-refractivity contribution is 7.15. The van der Waals surface area contributed by atoms with Crippen molar-refractivity contribution in [2.24, 2.45) is 0 Å². The molecule has 0 aliphatic heterocycles. The molecule has 0 saturated heterocycles. The van der Waals surface area contributed by atoms with Crippen LogP contribution in [-0.2, 0) is 27.1 Å². The lowest BCUT2D eigenvalue weighted by Crippen LogP contribution is -2.29. The molecule has 194 valence electrons. The fourth-order valence-electron chi connectivity index (χ4n) is 3.59. The maximum absolute atomic E-state index is 15.0. The van der Waals surface area contributed by atoms with Gasteiger partial charge >= 0.3 is 5.97 Å². The number of aromatic nitrogens is 1. The predicted molar refractivity (Wildman–Crippen MR) is 140 cm³/mol. The molecule has 0 radical (unpaired) electrons. The summed E-state index contributed by atoms with van der Waals surface area (Å²) in [6, 6.07) is 10.4. The molecule has 36 heavy (non-hydrogen) atoms. The maximum atomic E-state index is 15.0. The lowest BCUT2D eigenvalue weighted by molar-refractivity contribution is -0.156. The number of carbonyl (C=O) groups excluding carboxylic acids is 1. The quantitative estimate of drug-likeness (QED) is 0.235. The zero-order chi connectivity index (χ0) is 26.1. The molecule has 6 nitrogen and oxygen atoms in total. The van der Waals surface area contributed by atoms with Crippen molar-refractivity contribution < 1.29 is 28.1 Å². The molecular formula is C27H31ClFNO5S. The standard InChI is InChI=1S/C27H31ClFNO5S/c1-5-32-23-14-19(15-25(33-6-2)27(31)34-7-3)21(29)16-24(23)35-13-12-22-17(4)36-26(30-22)18-8-10-20(28)11-9-18/h8-11,14,16,25H,5-7,12-13,15H2,1-4H3. The molecule has 2 aromatic carbocycles. The van der Waals surface area contributed by atoms with E-state index in [1.807, 2.05) is 38.1 Å². The Morgan fingerprint density at radius 2 is 1.78 bits per heavy atom. The zero-order valence-corrected chi connectivity index (χ0v) is 22.5. The van der Waals surface area contributed by atoms with E-state index in [-0.39, 0.29) is 13.0 Å². The molecule has 0 spiro atoms. The minimum atomic E-state index is -0.895. The van der Waals surface area contributed by atoms with Crippen LogP contribution in [0.4, 0.5) is 4.39 Å². The van der Waals surface area contributed by atoms with Gasteiger partial charge in [-0.25, -0.2) is 14.2 Å². The number of carbonyl (C=O) groups is 1. The molecule has 3 rings (SSSR count). The average Bonchev–Trinajstić information content (AvgIpc) is 3.22. The fraction of sp³-hybridized carbons (Fsp3) is 0.407.